The minimum atomic E-state index is -2.58. The standard InChI is InChI=1S/C22H26F2N2/c1-14-7-5-6-8-16(14)15-9-10-17-18(20(25)21(23)24)12-26(19(17)11-15)13-22(2,3)4/h5-12,20-21H,13,25H2,1-4H3/t20-/m0/s1. The van der Waals surface area contributed by atoms with Gasteiger partial charge in [-0.25, -0.2) is 8.78 Å². The van der Waals surface area contributed by atoms with Crippen LogP contribution in [0.5, 0.6) is 0 Å². The maximum absolute atomic E-state index is 13.3. The molecule has 0 bridgehead atoms. The summed E-state index contributed by atoms with van der Waals surface area (Å²) in [5, 5.41) is 0.805. The Hall–Kier alpha value is -2.20. The predicted molar refractivity (Wildman–Crippen MR) is 104 cm³/mol. The number of rotatable bonds is 4. The molecule has 26 heavy (non-hydrogen) atoms. The molecule has 1 aromatic heterocycles. The Balaban J connectivity index is 2.20. The summed E-state index contributed by atoms with van der Waals surface area (Å²) in [5.74, 6) is 0. The zero-order chi connectivity index (χ0) is 19.1. The van der Waals surface area contributed by atoms with Crippen LogP contribution in [0.4, 0.5) is 8.78 Å². The van der Waals surface area contributed by atoms with Crippen molar-refractivity contribution >= 4 is 10.9 Å². The summed E-state index contributed by atoms with van der Waals surface area (Å²) in [6, 6.07) is 12.9. The Morgan fingerprint density at radius 3 is 2.38 bits per heavy atom. The van der Waals surface area contributed by atoms with Crippen LogP contribution in [0.3, 0.4) is 0 Å². The van der Waals surface area contributed by atoms with E-state index in [0.29, 0.717) is 5.56 Å². The van der Waals surface area contributed by atoms with E-state index in [4.69, 9.17) is 5.73 Å². The van der Waals surface area contributed by atoms with Gasteiger partial charge >= 0.3 is 0 Å². The predicted octanol–water partition coefficient (Wildman–Crippen LogP) is 5.93. The van der Waals surface area contributed by atoms with E-state index < -0.39 is 12.5 Å². The first-order chi connectivity index (χ1) is 12.2. The number of aromatic nitrogens is 1. The summed E-state index contributed by atoms with van der Waals surface area (Å²) in [4.78, 5) is 0. The van der Waals surface area contributed by atoms with Crippen LogP contribution in [-0.2, 0) is 6.54 Å². The number of nitrogens with zero attached hydrogens (tertiary/aromatic N) is 1. The van der Waals surface area contributed by atoms with Crippen molar-refractivity contribution in [2.75, 3.05) is 0 Å². The molecule has 3 rings (SSSR count). The molecule has 3 aromatic rings. The fourth-order valence-corrected chi connectivity index (χ4v) is 3.43. The molecule has 0 spiro atoms. The Bertz CT molecular complexity index is 920. The smallest absolute Gasteiger partial charge is 0.257 e. The molecule has 0 saturated carbocycles. The molecular weight excluding hydrogens is 330 g/mol. The average Bonchev–Trinajstić information content (AvgIpc) is 2.90. The minimum Gasteiger partial charge on any atom is -0.347 e. The van der Waals surface area contributed by atoms with Crippen molar-refractivity contribution in [3.63, 3.8) is 0 Å². The summed E-state index contributed by atoms with van der Waals surface area (Å²) in [6.45, 7) is 9.22. The fraction of sp³-hybridized carbons (Fsp3) is 0.364. The van der Waals surface area contributed by atoms with Gasteiger partial charge < -0.3 is 10.3 Å². The van der Waals surface area contributed by atoms with Gasteiger partial charge in [0.1, 0.15) is 0 Å². The second-order valence-corrected chi connectivity index (χ2v) is 8.18. The van der Waals surface area contributed by atoms with Crippen molar-refractivity contribution in [1.29, 1.82) is 0 Å². The summed E-state index contributed by atoms with van der Waals surface area (Å²) in [5.41, 5.74) is 10.7. The lowest BCUT2D eigenvalue weighted by Gasteiger charge is -2.20. The first-order valence-corrected chi connectivity index (χ1v) is 8.90. The summed E-state index contributed by atoms with van der Waals surface area (Å²) in [7, 11) is 0. The molecule has 1 atom stereocenters. The van der Waals surface area contributed by atoms with Crippen molar-refractivity contribution in [3.8, 4) is 11.1 Å². The lowest BCUT2D eigenvalue weighted by Crippen LogP contribution is -2.19. The van der Waals surface area contributed by atoms with Gasteiger partial charge in [-0.1, -0.05) is 57.2 Å². The summed E-state index contributed by atoms with van der Waals surface area (Å²) >= 11 is 0. The molecule has 0 aliphatic heterocycles. The van der Waals surface area contributed by atoms with Gasteiger partial charge in [-0.3, -0.25) is 0 Å². The Labute approximate surface area is 153 Å². The van der Waals surface area contributed by atoms with Crippen LogP contribution in [0.2, 0.25) is 0 Å². The number of hydrogen-bond donors (Lipinski definition) is 1. The van der Waals surface area contributed by atoms with Gasteiger partial charge in [0.05, 0.1) is 6.04 Å². The highest BCUT2D eigenvalue weighted by Gasteiger charge is 2.24. The van der Waals surface area contributed by atoms with Crippen molar-refractivity contribution in [1.82, 2.24) is 4.57 Å². The van der Waals surface area contributed by atoms with E-state index in [0.717, 1.165) is 28.6 Å². The van der Waals surface area contributed by atoms with E-state index in [1.807, 2.05) is 24.3 Å². The van der Waals surface area contributed by atoms with Crippen LogP contribution in [0.15, 0.2) is 48.7 Å². The molecule has 0 radical (unpaired) electrons. The molecule has 0 aliphatic carbocycles. The van der Waals surface area contributed by atoms with E-state index in [1.165, 1.54) is 5.56 Å². The number of alkyl halides is 2. The van der Waals surface area contributed by atoms with Crippen molar-refractivity contribution in [2.24, 2.45) is 11.1 Å². The second-order valence-electron chi connectivity index (χ2n) is 8.18. The molecule has 4 heteroatoms. The first-order valence-electron chi connectivity index (χ1n) is 8.90. The maximum Gasteiger partial charge on any atom is 0.257 e. The maximum atomic E-state index is 13.3. The molecular formula is C22H26F2N2. The number of nitrogens with two attached hydrogens (primary N) is 1. The summed E-state index contributed by atoms with van der Waals surface area (Å²) < 4.78 is 28.6. The van der Waals surface area contributed by atoms with E-state index in [1.54, 1.807) is 6.20 Å². The van der Waals surface area contributed by atoms with Crippen LogP contribution in [0, 0.1) is 12.3 Å². The lowest BCUT2D eigenvalue weighted by molar-refractivity contribution is 0.117. The molecule has 0 unspecified atom stereocenters. The van der Waals surface area contributed by atoms with Gasteiger partial charge in [-0.05, 0) is 35.1 Å². The minimum absolute atomic E-state index is 0.0246. The second kappa shape index (κ2) is 6.84. The Morgan fingerprint density at radius 2 is 1.77 bits per heavy atom. The largest absolute Gasteiger partial charge is 0.347 e. The number of benzene rings is 2. The van der Waals surface area contributed by atoms with E-state index in [-0.39, 0.29) is 5.41 Å². The fourth-order valence-electron chi connectivity index (χ4n) is 3.43. The SMILES string of the molecule is Cc1ccccc1-c1ccc2c([C@H](N)C(F)F)cn(CC(C)(C)C)c2c1. The molecule has 0 fully saturated rings. The van der Waals surface area contributed by atoms with Crippen LogP contribution < -0.4 is 5.73 Å². The van der Waals surface area contributed by atoms with Gasteiger partial charge in [0.15, 0.2) is 0 Å². The normalized spacial score (nSPS) is 13.5. The van der Waals surface area contributed by atoms with Crippen molar-refractivity contribution in [2.45, 2.75) is 46.7 Å². The average molecular weight is 356 g/mol. The van der Waals surface area contributed by atoms with E-state index >= 15 is 0 Å². The molecule has 0 aliphatic rings. The van der Waals surface area contributed by atoms with Gasteiger partial charge in [-0.15, -0.1) is 0 Å². The Kier molecular flexibility index (Phi) is 4.89. The first kappa shape index (κ1) is 18.6. The third-order valence-corrected chi connectivity index (χ3v) is 4.64. The van der Waals surface area contributed by atoms with Crippen LogP contribution in [0.25, 0.3) is 22.0 Å². The van der Waals surface area contributed by atoms with Crippen LogP contribution in [-0.4, -0.2) is 11.0 Å². The highest BCUT2D eigenvalue weighted by Crippen LogP contribution is 2.34. The monoisotopic (exact) mass is 356 g/mol. The highest BCUT2D eigenvalue weighted by molar-refractivity contribution is 5.89. The third-order valence-electron chi connectivity index (χ3n) is 4.64. The number of halogens is 2. The molecule has 0 amide bonds. The molecule has 2 N–H and O–H groups in total. The molecule has 2 aromatic carbocycles. The molecule has 2 nitrogen and oxygen atoms in total. The quantitative estimate of drug-likeness (QED) is 0.617. The van der Waals surface area contributed by atoms with Crippen molar-refractivity contribution in [3.05, 3.63) is 59.8 Å². The topological polar surface area (TPSA) is 30.9 Å². The zero-order valence-corrected chi connectivity index (χ0v) is 15.8. The van der Waals surface area contributed by atoms with Crippen LogP contribution in [0.1, 0.15) is 37.9 Å². The van der Waals surface area contributed by atoms with E-state index in [2.05, 4.69) is 50.5 Å². The summed E-state index contributed by atoms with van der Waals surface area (Å²) in [6.07, 6.45) is -0.784. The Morgan fingerprint density at radius 1 is 1.08 bits per heavy atom. The zero-order valence-electron chi connectivity index (χ0n) is 15.8. The van der Waals surface area contributed by atoms with Crippen LogP contribution >= 0.6 is 0 Å². The van der Waals surface area contributed by atoms with Gasteiger partial charge in [0, 0.05) is 29.2 Å². The van der Waals surface area contributed by atoms with Gasteiger partial charge in [0.2, 0.25) is 0 Å². The number of hydrogen-bond acceptors (Lipinski definition) is 1. The number of aryl methyl sites for hydroxylation is 1. The van der Waals surface area contributed by atoms with Gasteiger partial charge in [0.25, 0.3) is 6.43 Å². The lowest BCUT2D eigenvalue weighted by atomic mass is 9.96. The molecule has 0 saturated heterocycles. The molecule has 1 heterocycles. The van der Waals surface area contributed by atoms with Crippen molar-refractivity contribution < 1.29 is 8.78 Å². The van der Waals surface area contributed by atoms with Gasteiger partial charge in [-0.2, -0.15) is 0 Å². The molecule has 138 valence electrons. The highest BCUT2D eigenvalue weighted by atomic mass is 19.3. The van der Waals surface area contributed by atoms with E-state index in [9.17, 15) is 8.78 Å². The number of fused-ring (bicyclic) bond motifs is 1. The third kappa shape index (κ3) is 3.65.